The molecule has 1 amide bonds. The summed E-state index contributed by atoms with van der Waals surface area (Å²) in [6, 6.07) is 7.77. The minimum absolute atomic E-state index is 0.0316. The molecule has 0 heterocycles. The van der Waals surface area contributed by atoms with E-state index >= 15 is 0 Å². The molecular weight excluding hydrogens is 322 g/mol. The molecule has 4 nitrogen and oxygen atoms in total. The van der Waals surface area contributed by atoms with E-state index in [0.717, 1.165) is 22.9 Å². The number of amides is 1. The molecule has 0 radical (unpaired) electrons. The average Bonchev–Trinajstić information content (AvgIpc) is 2.45. The highest BCUT2D eigenvalue weighted by atomic mass is 79.9. The lowest BCUT2D eigenvalue weighted by Crippen LogP contribution is -2.35. The minimum Gasteiger partial charge on any atom is -0.481 e. The fraction of sp³-hybridized carbons (Fsp3) is 0.467. The summed E-state index contributed by atoms with van der Waals surface area (Å²) in [5.41, 5.74) is 1.03. The third-order valence-corrected chi connectivity index (χ3v) is 4.24. The smallest absolute Gasteiger partial charge is 0.306 e. The molecule has 0 aromatic heterocycles. The number of carbonyl (C=O) groups is 2. The van der Waals surface area contributed by atoms with Gasteiger partial charge in [-0.15, -0.1) is 0 Å². The molecule has 0 unspecified atom stereocenters. The van der Waals surface area contributed by atoms with Crippen molar-refractivity contribution in [2.75, 3.05) is 0 Å². The Hall–Kier alpha value is -1.36. The van der Waals surface area contributed by atoms with Gasteiger partial charge in [0.15, 0.2) is 0 Å². The monoisotopic (exact) mass is 339 g/mol. The van der Waals surface area contributed by atoms with Crippen LogP contribution in [0.4, 0.5) is 0 Å². The summed E-state index contributed by atoms with van der Waals surface area (Å²) in [4.78, 5) is 23.1. The van der Waals surface area contributed by atoms with Crippen molar-refractivity contribution in [1.29, 1.82) is 0 Å². The Morgan fingerprint density at radius 1 is 1.30 bits per heavy atom. The number of halogens is 1. The van der Waals surface area contributed by atoms with E-state index < -0.39 is 5.97 Å². The first-order valence-electron chi connectivity index (χ1n) is 6.81. The molecule has 2 N–H and O–H groups in total. The molecule has 20 heavy (non-hydrogen) atoms. The van der Waals surface area contributed by atoms with Crippen molar-refractivity contribution in [2.24, 2.45) is 11.8 Å². The lowest BCUT2D eigenvalue weighted by atomic mass is 9.81. The van der Waals surface area contributed by atoms with E-state index in [0.29, 0.717) is 19.4 Å². The first-order chi connectivity index (χ1) is 9.56. The van der Waals surface area contributed by atoms with Crippen LogP contribution >= 0.6 is 15.9 Å². The fourth-order valence-corrected chi connectivity index (χ4v) is 3.08. The van der Waals surface area contributed by atoms with Crippen LogP contribution in [0.25, 0.3) is 0 Å². The van der Waals surface area contributed by atoms with Gasteiger partial charge >= 0.3 is 5.97 Å². The molecule has 2 rings (SSSR count). The molecule has 1 fully saturated rings. The second-order valence-electron chi connectivity index (χ2n) is 5.25. The Morgan fingerprint density at radius 3 is 2.75 bits per heavy atom. The number of carboxylic acids is 1. The maximum atomic E-state index is 12.1. The largest absolute Gasteiger partial charge is 0.481 e. The van der Waals surface area contributed by atoms with Crippen LogP contribution in [0, 0.1) is 11.8 Å². The molecule has 0 bridgehead atoms. The van der Waals surface area contributed by atoms with Crippen LogP contribution < -0.4 is 5.32 Å². The maximum Gasteiger partial charge on any atom is 0.306 e. The van der Waals surface area contributed by atoms with Crippen molar-refractivity contribution in [3.05, 3.63) is 34.3 Å². The standard InChI is InChI=1S/C15H18BrNO3/c16-13-6-1-3-10(7-13)9-17-14(18)11-4-2-5-12(8-11)15(19)20/h1,3,6-7,11-12H,2,4-5,8-9H2,(H,17,18)(H,19,20)/t11-,12-/m0/s1. The second-order valence-corrected chi connectivity index (χ2v) is 6.16. The molecule has 1 aliphatic rings. The zero-order chi connectivity index (χ0) is 14.5. The van der Waals surface area contributed by atoms with Crippen LogP contribution in [0.3, 0.4) is 0 Å². The molecule has 5 heteroatoms. The summed E-state index contributed by atoms with van der Waals surface area (Å²) in [6.45, 7) is 0.479. The summed E-state index contributed by atoms with van der Waals surface area (Å²) in [7, 11) is 0. The molecule has 1 aliphatic carbocycles. The molecular formula is C15H18BrNO3. The molecule has 0 aliphatic heterocycles. The normalized spacial score (nSPS) is 22.2. The number of carbonyl (C=O) groups excluding carboxylic acids is 1. The molecule has 0 saturated heterocycles. The van der Waals surface area contributed by atoms with Gasteiger partial charge in [-0.3, -0.25) is 9.59 Å². The SMILES string of the molecule is O=C(O)[C@H]1CCC[C@H](C(=O)NCc2cccc(Br)c2)C1. The number of rotatable bonds is 4. The number of carboxylic acid groups (broad SMARTS) is 1. The Labute approximate surface area is 126 Å². The summed E-state index contributed by atoms with van der Waals surface area (Å²) >= 11 is 3.39. The van der Waals surface area contributed by atoms with Crippen molar-refractivity contribution in [3.63, 3.8) is 0 Å². The molecule has 1 saturated carbocycles. The number of hydrogen-bond acceptors (Lipinski definition) is 2. The molecule has 1 aromatic carbocycles. The number of hydrogen-bond donors (Lipinski definition) is 2. The maximum absolute atomic E-state index is 12.1. The van der Waals surface area contributed by atoms with Crippen LogP contribution in [0.1, 0.15) is 31.2 Å². The third-order valence-electron chi connectivity index (χ3n) is 3.75. The highest BCUT2D eigenvalue weighted by molar-refractivity contribution is 9.10. The lowest BCUT2D eigenvalue weighted by molar-refractivity contribution is -0.144. The van der Waals surface area contributed by atoms with Gasteiger partial charge in [0.25, 0.3) is 0 Å². The van der Waals surface area contributed by atoms with Gasteiger partial charge in [0.1, 0.15) is 0 Å². The second kappa shape index (κ2) is 6.88. The predicted octanol–water partition coefficient (Wildman–Crippen LogP) is 2.96. The molecule has 2 atom stereocenters. The van der Waals surface area contributed by atoms with E-state index in [-0.39, 0.29) is 17.7 Å². The van der Waals surface area contributed by atoms with E-state index in [1.54, 1.807) is 0 Å². The Bertz CT molecular complexity index is 504. The van der Waals surface area contributed by atoms with E-state index in [2.05, 4.69) is 21.2 Å². The predicted molar refractivity (Wildman–Crippen MR) is 79.1 cm³/mol. The summed E-state index contributed by atoms with van der Waals surface area (Å²) in [6.07, 6.45) is 2.74. The average molecular weight is 340 g/mol. The topological polar surface area (TPSA) is 66.4 Å². The van der Waals surface area contributed by atoms with E-state index in [1.165, 1.54) is 0 Å². The number of nitrogens with one attached hydrogen (secondary N) is 1. The fourth-order valence-electron chi connectivity index (χ4n) is 2.63. The summed E-state index contributed by atoms with van der Waals surface area (Å²) < 4.78 is 0.979. The Balaban J connectivity index is 1.87. The van der Waals surface area contributed by atoms with Crippen molar-refractivity contribution < 1.29 is 14.7 Å². The van der Waals surface area contributed by atoms with Crippen LogP contribution in [-0.2, 0) is 16.1 Å². The molecule has 108 valence electrons. The van der Waals surface area contributed by atoms with Gasteiger partial charge in [-0.05, 0) is 37.0 Å². The first kappa shape index (κ1) is 15.0. The van der Waals surface area contributed by atoms with E-state index in [1.807, 2.05) is 24.3 Å². The van der Waals surface area contributed by atoms with Gasteiger partial charge in [0.2, 0.25) is 5.91 Å². The van der Waals surface area contributed by atoms with Crippen molar-refractivity contribution in [3.8, 4) is 0 Å². The zero-order valence-corrected chi connectivity index (χ0v) is 12.7. The van der Waals surface area contributed by atoms with Crippen LogP contribution in [0.15, 0.2) is 28.7 Å². The lowest BCUT2D eigenvalue weighted by Gasteiger charge is -2.25. The van der Waals surface area contributed by atoms with Gasteiger partial charge in [-0.25, -0.2) is 0 Å². The molecule has 0 spiro atoms. The highest BCUT2D eigenvalue weighted by Crippen LogP contribution is 2.29. The van der Waals surface area contributed by atoms with Crippen LogP contribution in [0.5, 0.6) is 0 Å². The van der Waals surface area contributed by atoms with Crippen molar-refractivity contribution >= 4 is 27.8 Å². The van der Waals surface area contributed by atoms with E-state index in [4.69, 9.17) is 5.11 Å². The van der Waals surface area contributed by atoms with Crippen molar-refractivity contribution in [2.45, 2.75) is 32.2 Å². The van der Waals surface area contributed by atoms with Crippen molar-refractivity contribution in [1.82, 2.24) is 5.32 Å². The van der Waals surface area contributed by atoms with Gasteiger partial charge in [0.05, 0.1) is 5.92 Å². The molecule has 1 aromatic rings. The number of benzene rings is 1. The van der Waals surface area contributed by atoms with Gasteiger partial charge in [0, 0.05) is 16.9 Å². The summed E-state index contributed by atoms with van der Waals surface area (Å²) in [5, 5.41) is 11.9. The quantitative estimate of drug-likeness (QED) is 0.886. The van der Waals surface area contributed by atoms with Gasteiger partial charge < -0.3 is 10.4 Å². The zero-order valence-electron chi connectivity index (χ0n) is 11.1. The number of aliphatic carboxylic acids is 1. The van der Waals surface area contributed by atoms with Gasteiger partial charge in [-0.2, -0.15) is 0 Å². The Morgan fingerprint density at radius 2 is 2.05 bits per heavy atom. The highest BCUT2D eigenvalue weighted by Gasteiger charge is 2.30. The van der Waals surface area contributed by atoms with E-state index in [9.17, 15) is 9.59 Å². The Kier molecular flexibility index (Phi) is 5.17. The van der Waals surface area contributed by atoms with Crippen LogP contribution in [-0.4, -0.2) is 17.0 Å². The summed E-state index contributed by atoms with van der Waals surface area (Å²) in [5.74, 6) is -1.35. The first-order valence-corrected chi connectivity index (χ1v) is 7.60. The third kappa shape index (κ3) is 4.07. The minimum atomic E-state index is -0.783. The van der Waals surface area contributed by atoms with Crippen LogP contribution in [0.2, 0.25) is 0 Å². The van der Waals surface area contributed by atoms with Gasteiger partial charge in [-0.1, -0.05) is 34.5 Å².